The topological polar surface area (TPSA) is 43.4 Å². The van der Waals surface area contributed by atoms with E-state index in [1.54, 1.807) is 36.0 Å². The van der Waals surface area contributed by atoms with Gasteiger partial charge in [-0.1, -0.05) is 24.3 Å². The van der Waals surface area contributed by atoms with Crippen molar-refractivity contribution in [2.75, 3.05) is 0 Å². The maximum absolute atomic E-state index is 13.9. The Morgan fingerprint density at radius 2 is 1.35 bits per heavy atom. The lowest BCUT2D eigenvalue weighted by Gasteiger charge is -2.51. The van der Waals surface area contributed by atoms with E-state index in [2.05, 4.69) is 0 Å². The Morgan fingerprint density at radius 1 is 0.839 bits per heavy atom. The number of benzene rings is 2. The number of thioether (sulfide) groups is 1. The number of hydrogen-bond donors (Lipinski definition) is 0. The van der Waals surface area contributed by atoms with Crippen molar-refractivity contribution in [1.82, 2.24) is 0 Å². The molecular weight excluding hydrogens is 418 g/mol. The Bertz CT molecular complexity index is 1210. The standard InChI is InChI=1S/C25H18F2O3S/c1-13-12-19-14(2)20-21(23(29)30-22(20)28)25(24(19,3)31-13,15-4-8-17(26)9-5-15)16-6-10-18(27)11-7-16/h4-12H,1-3H3/t24-/m1/s1. The molecule has 0 bridgehead atoms. The Balaban J connectivity index is 1.98. The van der Waals surface area contributed by atoms with Crippen molar-refractivity contribution in [3.63, 3.8) is 0 Å². The van der Waals surface area contributed by atoms with Crippen LogP contribution in [-0.4, -0.2) is 16.7 Å². The van der Waals surface area contributed by atoms with Crippen LogP contribution < -0.4 is 0 Å². The van der Waals surface area contributed by atoms with E-state index < -0.39 is 33.7 Å². The number of esters is 2. The second-order valence-corrected chi connectivity index (χ2v) is 9.78. The maximum atomic E-state index is 13.9. The first-order chi connectivity index (χ1) is 14.7. The highest BCUT2D eigenvalue weighted by molar-refractivity contribution is 8.05. The van der Waals surface area contributed by atoms with Crippen LogP contribution in [-0.2, 0) is 19.7 Å². The molecule has 2 aromatic carbocycles. The van der Waals surface area contributed by atoms with Crippen LogP contribution in [0.5, 0.6) is 0 Å². The van der Waals surface area contributed by atoms with Gasteiger partial charge in [0.2, 0.25) is 0 Å². The zero-order chi connectivity index (χ0) is 22.1. The van der Waals surface area contributed by atoms with Crippen molar-refractivity contribution in [3.05, 3.63) is 105 Å². The summed E-state index contributed by atoms with van der Waals surface area (Å²) in [4.78, 5) is 27.0. The molecule has 6 heteroatoms. The van der Waals surface area contributed by atoms with Crippen LogP contribution in [0.25, 0.3) is 0 Å². The van der Waals surface area contributed by atoms with Crippen molar-refractivity contribution >= 4 is 23.7 Å². The summed E-state index contributed by atoms with van der Waals surface area (Å²) in [5.74, 6) is -2.25. The lowest BCUT2D eigenvalue weighted by Crippen LogP contribution is -2.53. The smallest absolute Gasteiger partial charge is 0.346 e. The summed E-state index contributed by atoms with van der Waals surface area (Å²) >= 11 is 1.58. The molecule has 3 aliphatic rings. The minimum absolute atomic E-state index is 0.218. The Kier molecular flexibility index (Phi) is 4.18. The highest BCUT2D eigenvalue weighted by Crippen LogP contribution is 2.66. The van der Waals surface area contributed by atoms with Gasteiger partial charge in [-0.3, -0.25) is 0 Å². The van der Waals surface area contributed by atoms with Gasteiger partial charge in [-0.25, -0.2) is 18.4 Å². The number of cyclic esters (lactones) is 2. The Hall–Kier alpha value is -2.99. The lowest BCUT2D eigenvalue weighted by atomic mass is 9.55. The minimum atomic E-state index is -1.19. The molecular formula is C25H18F2O3S. The van der Waals surface area contributed by atoms with Crippen molar-refractivity contribution in [2.45, 2.75) is 30.9 Å². The van der Waals surface area contributed by atoms with E-state index in [-0.39, 0.29) is 11.1 Å². The summed E-state index contributed by atoms with van der Waals surface area (Å²) in [6.45, 7) is 5.80. The Labute approximate surface area is 182 Å². The van der Waals surface area contributed by atoms with Crippen LogP contribution in [0.15, 0.2) is 81.8 Å². The van der Waals surface area contributed by atoms with E-state index in [0.717, 1.165) is 10.5 Å². The van der Waals surface area contributed by atoms with Crippen molar-refractivity contribution in [2.24, 2.45) is 0 Å². The highest BCUT2D eigenvalue weighted by atomic mass is 32.2. The molecule has 2 aliphatic heterocycles. The number of fused-ring (bicyclic) bond motifs is 1. The van der Waals surface area contributed by atoms with Gasteiger partial charge in [0.15, 0.2) is 0 Å². The van der Waals surface area contributed by atoms with Crippen LogP contribution in [0.3, 0.4) is 0 Å². The number of carbonyl (C=O) groups excluding carboxylic acids is 2. The molecule has 0 aromatic heterocycles. The third kappa shape index (κ3) is 2.45. The molecule has 0 fully saturated rings. The molecule has 0 saturated carbocycles. The largest absolute Gasteiger partial charge is 0.386 e. The van der Waals surface area contributed by atoms with Crippen molar-refractivity contribution in [1.29, 1.82) is 0 Å². The van der Waals surface area contributed by atoms with Crippen LogP contribution in [0.4, 0.5) is 8.78 Å². The molecule has 2 aromatic rings. The molecule has 5 rings (SSSR count). The Morgan fingerprint density at radius 3 is 1.87 bits per heavy atom. The van der Waals surface area contributed by atoms with Gasteiger partial charge in [0, 0.05) is 0 Å². The lowest BCUT2D eigenvalue weighted by molar-refractivity contribution is -0.151. The molecule has 0 N–H and O–H groups in total. The highest BCUT2D eigenvalue weighted by Gasteiger charge is 2.64. The predicted octanol–water partition coefficient (Wildman–Crippen LogP) is 5.37. The second-order valence-electron chi connectivity index (χ2n) is 8.12. The summed E-state index contributed by atoms with van der Waals surface area (Å²) in [6.07, 6.45) is 2.02. The van der Waals surface area contributed by atoms with Crippen LogP contribution >= 0.6 is 11.8 Å². The number of halogens is 2. The number of ether oxygens (including phenoxy) is 1. The molecule has 31 heavy (non-hydrogen) atoms. The van der Waals surface area contributed by atoms with E-state index >= 15 is 0 Å². The van der Waals surface area contributed by atoms with Crippen LogP contribution in [0.2, 0.25) is 0 Å². The molecule has 1 aliphatic carbocycles. The van der Waals surface area contributed by atoms with Gasteiger partial charge in [0.25, 0.3) is 0 Å². The number of hydrogen-bond acceptors (Lipinski definition) is 4. The van der Waals surface area contributed by atoms with Gasteiger partial charge < -0.3 is 4.74 Å². The third-order valence-electron chi connectivity index (χ3n) is 6.49. The molecule has 1 atom stereocenters. The van der Waals surface area contributed by atoms with E-state index in [9.17, 15) is 18.4 Å². The van der Waals surface area contributed by atoms with E-state index in [1.807, 2.05) is 26.8 Å². The van der Waals surface area contributed by atoms with Gasteiger partial charge in [-0.15, -0.1) is 11.8 Å². The number of carbonyl (C=O) groups is 2. The quantitative estimate of drug-likeness (QED) is 0.469. The average molecular weight is 436 g/mol. The van der Waals surface area contributed by atoms with E-state index in [1.165, 1.54) is 24.3 Å². The molecule has 0 spiro atoms. The summed E-state index contributed by atoms with van der Waals surface area (Å²) in [7, 11) is 0. The first kappa shape index (κ1) is 19.9. The molecule has 0 saturated heterocycles. The van der Waals surface area contributed by atoms with E-state index in [0.29, 0.717) is 16.7 Å². The number of rotatable bonds is 2. The fraction of sp³-hybridized carbons (Fsp3) is 0.200. The van der Waals surface area contributed by atoms with Gasteiger partial charge in [-0.2, -0.15) is 0 Å². The molecule has 0 amide bonds. The van der Waals surface area contributed by atoms with Gasteiger partial charge >= 0.3 is 11.9 Å². The van der Waals surface area contributed by atoms with Crippen LogP contribution in [0.1, 0.15) is 31.9 Å². The monoisotopic (exact) mass is 436 g/mol. The summed E-state index contributed by atoms with van der Waals surface area (Å²) in [5.41, 5.74) is 2.10. The summed E-state index contributed by atoms with van der Waals surface area (Å²) < 4.78 is 32.1. The third-order valence-corrected chi connectivity index (χ3v) is 7.87. The number of allylic oxidation sites excluding steroid dienone is 2. The zero-order valence-electron chi connectivity index (χ0n) is 17.1. The van der Waals surface area contributed by atoms with Gasteiger partial charge in [0.05, 0.1) is 21.3 Å². The molecule has 2 heterocycles. The normalized spacial score (nSPS) is 24.2. The molecule has 3 nitrogen and oxygen atoms in total. The minimum Gasteiger partial charge on any atom is -0.386 e. The SMILES string of the molecule is CC1=CC2=C(C)C3=C(C(=O)OC3=O)C(c3ccc(F)cc3)(c3ccc(F)cc3)[C@]2(C)S1. The summed E-state index contributed by atoms with van der Waals surface area (Å²) in [5, 5.41) is 0. The first-order valence-electron chi connectivity index (χ1n) is 9.82. The molecule has 0 radical (unpaired) electrons. The van der Waals surface area contributed by atoms with Crippen molar-refractivity contribution < 1.29 is 23.1 Å². The molecule has 156 valence electrons. The van der Waals surface area contributed by atoms with Crippen molar-refractivity contribution in [3.8, 4) is 0 Å². The fourth-order valence-electron chi connectivity index (χ4n) is 5.34. The van der Waals surface area contributed by atoms with Crippen LogP contribution in [0, 0.1) is 11.6 Å². The van der Waals surface area contributed by atoms with E-state index in [4.69, 9.17) is 4.74 Å². The summed E-state index contributed by atoms with van der Waals surface area (Å²) in [6, 6.07) is 11.8. The first-order valence-corrected chi connectivity index (χ1v) is 10.6. The van der Waals surface area contributed by atoms with Gasteiger partial charge in [-0.05, 0) is 78.3 Å². The second kappa shape index (κ2) is 6.50. The fourth-order valence-corrected chi connectivity index (χ4v) is 6.98. The average Bonchev–Trinajstić information content (AvgIpc) is 3.20. The zero-order valence-corrected chi connectivity index (χ0v) is 17.9. The maximum Gasteiger partial charge on any atom is 0.346 e. The predicted molar refractivity (Wildman–Crippen MR) is 114 cm³/mol. The molecule has 0 unspecified atom stereocenters. The van der Waals surface area contributed by atoms with Gasteiger partial charge in [0.1, 0.15) is 11.6 Å².